The third-order valence-corrected chi connectivity index (χ3v) is 5.43. The van der Waals surface area contributed by atoms with Crippen LogP contribution < -0.4 is 14.9 Å². The predicted octanol–water partition coefficient (Wildman–Crippen LogP) is 5.73. The zero-order valence-corrected chi connectivity index (χ0v) is 18.7. The van der Waals surface area contributed by atoms with E-state index in [1.165, 1.54) is 12.1 Å². The highest BCUT2D eigenvalue weighted by molar-refractivity contribution is 7.71. The van der Waals surface area contributed by atoms with E-state index in [1.54, 1.807) is 17.9 Å². The van der Waals surface area contributed by atoms with Gasteiger partial charge in [0.25, 0.3) is 0 Å². The molecule has 0 atom stereocenters. The van der Waals surface area contributed by atoms with Gasteiger partial charge in [-0.1, -0.05) is 60.1 Å². The van der Waals surface area contributed by atoms with Gasteiger partial charge in [0.15, 0.2) is 17.3 Å². The van der Waals surface area contributed by atoms with Gasteiger partial charge in [-0.05, 0) is 30.4 Å². The fourth-order valence-corrected chi connectivity index (χ4v) is 3.62. The monoisotopic (exact) mass is 470 g/mol. The number of ether oxygens (including phenoxy) is 2. The van der Waals surface area contributed by atoms with E-state index in [0.717, 1.165) is 11.1 Å². The van der Waals surface area contributed by atoms with E-state index in [0.29, 0.717) is 39.2 Å². The minimum atomic E-state index is -0.396. The minimum Gasteiger partial charge on any atom is -0.493 e. The molecule has 0 saturated heterocycles. The number of aromatic amines is 1. The topological polar surface area (TPSA) is 64.1 Å². The molecule has 1 heterocycles. The Morgan fingerprint density at radius 1 is 1.09 bits per heavy atom. The van der Waals surface area contributed by atoms with Crippen LogP contribution in [-0.2, 0) is 13.2 Å². The molecule has 0 saturated carbocycles. The van der Waals surface area contributed by atoms with Gasteiger partial charge >= 0.3 is 0 Å². The van der Waals surface area contributed by atoms with Crippen LogP contribution in [0.1, 0.15) is 11.1 Å². The van der Waals surface area contributed by atoms with Crippen LogP contribution in [-0.4, -0.2) is 22.0 Å². The summed E-state index contributed by atoms with van der Waals surface area (Å²) >= 11 is 11.5. The van der Waals surface area contributed by atoms with Gasteiger partial charge in [0.2, 0.25) is 4.77 Å². The Bertz CT molecular complexity index is 1280. The number of H-pyrrole nitrogens is 1. The lowest BCUT2D eigenvalue weighted by atomic mass is 10.1. The molecule has 0 radical (unpaired) electrons. The van der Waals surface area contributed by atoms with E-state index in [-0.39, 0.29) is 6.61 Å². The van der Waals surface area contributed by atoms with Gasteiger partial charge in [-0.3, -0.25) is 0 Å². The summed E-state index contributed by atoms with van der Waals surface area (Å²) in [6.07, 6.45) is 0. The Kier molecular flexibility index (Phi) is 6.72. The molecule has 0 aliphatic heterocycles. The molecule has 0 spiro atoms. The van der Waals surface area contributed by atoms with E-state index in [4.69, 9.17) is 33.3 Å². The molecular weight excluding hydrogens is 451 g/mol. The minimum absolute atomic E-state index is 0.160. The maximum Gasteiger partial charge on any atom is 0.214 e. The molecule has 0 fully saturated rings. The first-order valence-electron chi connectivity index (χ1n) is 9.76. The van der Waals surface area contributed by atoms with E-state index in [2.05, 4.69) is 15.6 Å². The zero-order chi connectivity index (χ0) is 22.5. The van der Waals surface area contributed by atoms with Crippen molar-refractivity contribution in [2.24, 2.45) is 0 Å². The number of rotatable bonds is 8. The Balaban J connectivity index is 1.58. The SMILES string of the molecule is COc1cccc(CNn2c(-c3ccccc3)n[nH]c2=S)c1OCc1ccc(F)cc1Cl. The highest BCUT2D eigenvalue weighted by Gasteiger charge is 2.14. The standard InChI is InChI=1S/C23H20ClFN4O2S/c1-30-20-9-5-8-16(21(20)31-14-17-10-11-18(25)12-19(17)24)13-26-29-22(27-28-23(29)32)15-6-3-2-4-7-15/h2-12,26H,13-14H2,1H3,(H,28,32). The first kappa shape index (κ1) is 21.9. The van der Waals surface area contributed by atoms with Crippen LogP contribution in [0, 0.1) is 10.6 Å². The van der Waals surface area contributed by atoms with Gasteiger partial charge in [-0.2, -0.15) is 5.10 Å². The van der Waals surface area contributed by atoms with Crippen LogP contribution in [0.3, 0.4) is 0 Å². The van der Waals surface area contributed by atoms with Crippen molar-refractivity contribution >= 4 is 23.8 Å². The van der Waals surface area contributed by atoms with Crippen molar-refractivity contribution in [3.8, 4) is 22.9 Å². The van der Waals surface area contributed by atoms with E-state index in [9.17, 15) is 4.39 Å². The number of aromatic nitrogens is 3. The third-order valence-electron chi connectivity index (χ3n) is 4.80. The van der Waals surface area contributed by atoms with Gasteiger partial charge in [-0.15, -0.1) is 0 Å². The molecule has 3 aromatic carbocycles. The molecule has 32 heavy (non-hydrogen) atoms. The second-order valence-electron chi connectivity index (χ2n) is 6.86. The number of halogens is 2. The van der Waals surface area contributed by atoms with Gasteiger partial charge in [-0.25, -0.2) is 14.2 Å². The van der Waals surface area contributed by atoms with Crippen LogP contribution in [0.5, 0.6) is 11.5 Å². The quantitative estimate of drug-likeness (QED) is 0.322. The molecule has 6 nitrogen and oxygen atoms in total. The Morgan fingerprint density at radius 2 is 1.91 bits per heavy atom. The average molecular weight is 471 g/mol. The molecule has 9 heteroatoms. The number of hydrogen-bond acceptors (Lipinski definition) is 5. The molecule has 4 aromatic rings. The van der Waals surface area contributed by atoms with Crippen LogP contribution in [0.15, 0.2) is 66.7 Å². The van der Waals surface area contributed by atoms with Gasteiger partial charge in [0.05, 0.1) is 18.7 Å². The first-order valence-corrected chi connectivity index (χ1v) is 10.5. The average Bonchev–Trinajstić information content (AvgIpc) is 3.18. The summed E-state index contributed by atoms with van der Waals surface area (Å²) in [6, 6.07) is 19.5. The van der Waals surface area contributed by atoms with Gasteiger partial charge in [0.1, 0.15) is 12.4 Å². The summed E-state index contributed by atoms with van der Waals surface area (Å²) in [4.78, 5) is 0. The van der Waals surface area contributed by atoms with Crippen LogP contribution >= 0.6 is 23.8 Å². The lowest BCUT2D eigenvalue weighted by Gasteiger charge is -2.17. The maximum atomic E-state index is 13.3. The molecular formula is C23H20ClFN4O2S. The molecule has 164 valence electrons. The van der Waals surface area contributed by atoms with E-state index >= 15 is 0 Å². The summed E-state index contributed by atoms with van der Waals surface area (Å²) in [7, 11) is 1.57. The molecule has 1 aromatic heterocycles. The number of nitrogens with zero attached hydrogens (tertiary/aromatic N) is 2. The fourth-order valence-electron chi connectivity index (χ4n) is 3.20. The summed E-state index contributed by atoms with van der Waals surface area (Å²) in [6.45, 7) is 0.546. The second kappa shape index (κ2) is 9.84. The number of nitrogens with one attached hydrogen (secondary N) is 2. The highest BCUT2D eigenvalue weighted by atomic mass is 35.5. The van der Waals surface area contributed by atoms with Gasteiger partial charge < -0.3 is 14.9 Å². The second-order valence-corrected chi connectivity index (χ2v) is 7.66. The number of benzene rings is 3. The van der Waals surface area contributed by atoms with Crippen molar-refractivity contribution in [1.29, 1.82) is 0 Å². The number of para-hydroxylation sites is 1. The number of hydrogen-bond donors (Lipinski definition) is 2. The lowest BCUT2D eigenvalue weighted by Crippen LogP contribution is -2.16. The largest absolute Gasteiger partial charge is 0.493 e. The Labute approximate surface area is 194 Å². The Morgan fingerprint density at radius 3 is 2.66 bits per heavy atom. The third kappa shape index (κ3) is 4.76. The van der Waals surface area contributed by atoms with Crippen molar-refractivity contribution in [1.82, 2.24) is 14.9 Å². The van der Waals surface area contributed by atoms with E-state index < -0.39 is 5.82 Å². The van der Waals surface area contributed by atoms with E-state index in [1.807, 2.05) is 48.5 Å². The summed E-state index contributed by atoms with van der Waals surface area (Å²) < 4.78 is 27.0. The zero-order valence-electron chi connectivity index (χ0n) is 17.1. The maximum absolute atomic E-state index is 13.3. The molecule has 2 N–H and O–H groups in total. The van der Waals surface area contributed by atoms with Crippen LogP contribution in [0.2, 0.25) is 5.02 Å². The molecule has 0 unspecified atom stereocenters. The normalized spacial score (nSPS) is 10.7. The molecule has 0 amide bonds. The fraction of sp³-hybridized carbons (Fsp3) is 0.130. The summed E-state index contributed by atoms with van der Waals surface area (Å²) in [5, 5.41) is 7.45. The molecule has 4 rings (SSSR count). The van der Waals surface area contributed by atoms with Crippen LogP contribution in [0.4, 0.5) is 4.39 Å². The predicted molar refractivity (Wildman–Crippen MR) is 125 cm³/mol. The van der Waals surface area contributed by atoms with Crippen LogP contribution in [0.25, 0.3) is 11.4 Å². The molecule has 0 bridgehead atoms. The summed E-state index contributed by atoms with van der Waals surface area (Å²) in [5.41, 5.74) is 5.72. The van der Waals surface area contributed by atoms with Crippen molar-refractivity contribution in [3.63, 3.8) is 0 Å². The summed E-state index contributed by atoms with van der Waals surface area (Å²) in [5.74, 6) is 1.40. The van der Waals surface area contributed by atoms with Crippen molar-refractivity contribution < 1.29 is 13.9 Å². The smallest absolute Gasteiger partial charge is 0.214 e. The van der Waals surface area contributed by atoms with Gasteiger partial charge in [0, 0.05) is 16.7 Å². The van der Waals surface area contributed by atoms with Crippen molar-refractivity contribution in [2.75, 3.05) is 12.5 Å². The molecule has 0 aliphatic carbocycles. The lowest BCUT2D eigenvalue weighted by molar-refractivity contribution is 0.281. The molecule has 0 aliphatic rings. The van der Waals surface area contributed by atoms with Crippen molar-refractivity contribution in [3.05, 3.63) is 93.5 Å². The number of methoxy groups -OCH3 is 1. The van der Waals surface area contributed by atoms with Crippen molar-refractivity contribution in [2.45, 2.75) is 13.2 Å². The first-order chi connectivity index (χ1) is 15.6. The highest BCUT2D eigenvalue weighted by Crippen LogP contribution is 2.33. The Hall–Kier alpha value is -3.36.